The number of carbonyl (C=O) groups is 1. The highest BCUT2D eigenvalue weighted by Crippen LogP contribution is 2.24. The van der Waals surface area contributed by atoms with Gasteiger partial charge in [-0.15, -0.1) is 0 Å². The Kier molecular flexibility index (Phi) is 5.82. The van der Waals surface area contributed by atoms with Crippen LogP contribution in [0.4, 0.5) is 11.5 Å². The van der Waals surface area contributed by atoms with Gasteiger partial charge in [-0.25, -0.2) is 13.4 Å². The SMILES string of the molecule is O=C(C[NH+]1CCN(c2cccc[nH+]2)CC1)N(c1ccccc1)[C@@H]1CCS(=O)(=O)C1. The van der Waals surface area contributed by atoms with Gasteiger partial charge >= 0.3 is 0 Å². The average Bonchev–Trinajstić information content (AvgIpc) is 3.09. The van der Waals surface area contributed by atoms with Crippen LogP contribution in [0.1, 0.15) is 6.42 Å². The second-order valence-corrected chi connectivity index (χ2v) is 10.0. The van der Waals surface area contributed by atoms with Crippen molar-refractivity contribution in [1.82, 2.24) is 0 Å². The van der Waals surface area contributed by atoms with Gasteiger partial charge in [-0.1, -0.05) is 24.3 Å². The number of anilines is 2. The van der Waals surface area contributed by atoms with E-state index in [0.29, 0.717) is 13.0 Å². The van der Waals surface area contributed by atoms with Crippen molar-refractivity contribution >= 4 is 27.2 Å². The molecule has 0 bridgehead atoms. The minimum Gasteiger partial charge on any atom is -0.321 e. The highest BCUT2D eigenvalue weighted by atomic mass is 32.2. The van der Waals surface area contributed by atoms with Gasteiger partial charge in [-0.2, -0.15) is 0 Å². The third-order valence-corrected chi connectivity index (χ3v) is 7.53. The lowest BCUT2D eigenvalue weighted by atomic mass is 10.1. The Morgan fingerprint density at radius 2 is 1.83 bits per heavy atom. The molecule has 1 atom stereocenters. The molecule has 29 heavy (non-hydrogen) atoms. The standard InChI is InChI=1S/C21H26N4O3S/c26-21(16-23-11-13-24(14-12-23)20-8-4-5-10-22-20)25(18-6-2-1-3-7-18)19-9-15-29(27,28)17-19/h1-8,10,19H,9,11-17H2/p+2/t19-/m1/s1. The monoisotopic (exact) mass is 416 g/mol. The number of piperazine rings is 1. The second-order valence-electron chi connectivity index (χ2n) is 7.82. The number of aromatic nitrogens is 1. The fourth-order valence-electron chi connectivity index (χ4n) is 4.25. The van der Waals surface area contributed by atoms with E-state index in [9.17, 15) is 13.2 Å². The molecule has 2 aliphatic heterocycles. The molecule has 0 radical (unpaired) electrons. The lowest BCUT2D eigenvalue weighted by Crippen LogP contribution is -3.16. The number of nitrogens with zero attached hydrogens (tertiary/aromatic N) is 2. The number of quaternary nitrogens is 1. The first-order valence-corrected chi connectivity index (χ1v) is 12.0. The van der Waals surface area contributed by atoms with Crippen molar-refractivity contribution in [3.8, 4) is 0 Å². The number of benzene rings is 1. The third-order valence-electron chi connectivity index (χ3n) is 5.78. The predicted molar refractivity (Wildman–Crippen MR) is 112 cm³/mol. The van der Waals surface area contributed by atoms with Crippen molar-refractivity contribution in [2.75, 3.05) is 54.0 Å². The molecule has 0 spiro atoms. The molecule has 2 aliphatic rings. The zero-order valence-corrected chi connectivity index (χ0v) is 17.3. The van der Waals surface area contributed by atoms with E-state index in [1.54, 1.807) is 4.90 Å². The van der Waals surface area contributed by atoms with E-state index in [1.807, 2.05) is 48.7 Å². The van der Waals surface area contributed by atoms with E-state index in [1.165, 1.54) is 4.90 Å². The number of carbonyl (C=O) groups excluding carboxylic acids is 1. The molecule has 0 unspecified atom stereocenters. The summed E-state index contributed by atoms with van der Waals surface area (Å²) in [7, 11) is -3.06. The van der Waals surface area contributed by atoms with Crippen LogP contribution in [-0.2, 0) is 14.6 Å². The summed E-state index contributed by atoms with van der Waals surface area (Å²) in [6, 6.07) is 15.2. The zero-order valence-electron chi connectivity index (χ0n) is 16.5. The number of hydrogen-bond acceptors (Lipinski definition) is 4. The van der Waals surface area contributed by atoms with Crippen LogP contribution in [0.25, 0.3) is 0 Å². The number of para-hydroxylation sites is 1. The molecule has 7 nitrogen and oxygen atoms in total. The van der Waals surface area contributed by atoms with Crippen LogP contribution in [0.15, 0.2) is 54.7 Å². The van der Waals surface area contributed by atoms with Crippen molar-refractivity contribution in [3.05, 3.63) is 54.7 Å². The summed E-state index contributed by atoms with van der Waals surface area (Å²) in [6.07, 6.45) is 2.43. The van der Waals surface area contributed by atoms with Crippen LogP contribution in [0.5, 0.6) is 0 Å². The Balaban J connectivity index is 1.42. The number of rotatable bonds is 5. The van der Waals surface area contributed by atoms with Crippen LogP contribution < -0.4 is 19.7 Å². The van der Waals surface area contributed by atoms with Gasteiger partial charge in [0.15, 0.2) is 16.4 Å². The normalized spacial score (nSPS) is 21.8. The maximum absolute atomic E-state index is 13.3. The zero-order chi connectivity index (χ0) is 20.3. The van der Waals surface area contributed by atoms with Gasteiger partial charge in [0.2, 0.25) is 0 Å². The van der Waals surface area contributed by atoms with Gasteiger partial charge < -0.3 is 9.80 Å². The number of aromatic amines is 1. The number of sulfone groups is 1. The Hall–Kier alpha value is -2.45. The fraction of sp³-hybridized carbons (Fsp3) is 0.429. The average molecular weight is 417 g/mol. The molecule has 2 aromatic rings. The molecule has 8 heteroatoms. The van der Waals surface area contributed by atoms with E-state index in [-0.39, 0.29) is 23.5 Å². The molecule has 0 aliphatic carbocycles. The van der Waals surface area contributed by atoms with Crippen molar-refractivity contribution in [1.29, 1.82) is 0 Å². The Morgan fingerprint density at radius 3 is 2.45 bits per heavy atom. The van der Waals surface area contributed by atoms with Crippen molar-refractivity contribution in [3.63, 3.8) is 0 Å². The van der Waals surface area contributed by atoms with Gasteiger partial charge in [0.05, 0.1) is 23.7 Å². The highest BCUT2D eigenvalue weighted by molar-refractivity contribution is 7.91. The largest absolute Gasteiger partial charge is 0.321 e. The molecule has 1 aromatic carbocycles. The van der Waals surface area contributed by atoms with Gasteiger partial charge in [0.25, 0.3) is 11.7 Å². The summed E-state index contributed by atoms with van der Waals surface area (Å²) >= 11 is 0. The molecule has 1 amide bonds. The maximum atomic E-state index is 13.3. The first kappa shape index (κ1) is 19.8. The van der Waals surface area contributed by atoms with Gasteiger partial charge in [-0.3, -0.25) is 9.69 Å². The summed E-state index contributed by atoms with van der Waals surface area (Å²) in [5, 5.41) is 0. The Morgan fingerprint density at radius 1 is 1.10 bits per heavy atom. The van der Waals surface area contributed by atoms with Gasteiger partial charge in [-0.05, 0) is 24.6 Å². The predicted octanol–water partition coefficient (Wildman–Crippen LogP) is -0.574. The highest BCUT2D eigenvalue weighted by Gasteiger charge is 2.37. The number of amides is 1. The van der Waals surface area contributed by atoms with Crippen LogP contribution in [0, 0.1) is 0 Å². The molecular formula is C21H28N4O3S+2. The van der Waals surface area contributed by atoms with E-state index in [4.69, 9.17) is 0 Å². The number of pyridine rings is 1. The van der Waals surface area contributed by atoms with Gasteiger partial charge in [0.1, 0.15) is 26.2 Å². The fourth-order valence-corrected chi connectivity index (χ4v) is 5.95. The van der Waals surface area contributed by atoms with Gasteiger partial charge in [0, 0.05) is 11.8 Å². The molecule has 154 valence electrons. The molecule has 2 N–H and O–H groups in total. The summed E-state index contributed by atoms with van der Waals surface area (Å²) < 4.78 is 24.0. The second kappa shape index (κ2) is 8.51. The first-order chi connectivity index (χ1) is 14.0. The summed E-state index contributed by atoms with van der Waals surface area (Å²) in [6.45, 7) is 3.90. The van der Waals surface area contributed by atoms with E-state index in [0.717, 1.165) is 37.7 Å². The van der Waals surface area contributed by atoms with E-state index >= 15 is 0 Å². The molecule has 2 saturated heterocycles. The molecular weight excluding hydrogens is 388 g/mol. The Bertz CT molecular complexity index is 929. The summed E-state index contributed by atoms with van der Waals surface area (Å²) in [5.74, 6) is 1.32. The third kappa shape index (κ3) is 4.76. The van der Waals surface area contributed by atoms with Crippen LogP contribution >= 0.6 is 0 Å². The smallest absolute Gasteiger partial charge is 0.282 e. The van der Waals surface area contributed by atoms with Crippen molar-refractivity contribution < 1.29 is 23.1 Å². The maximum Gasteiger partial charge on any atom is 0.282 e. The minimum absolute atomic E-state index is 0.00743. The number of H-pyrrole nitrogens is 1. The minimum atomic E-state index is -3.06. The molecule has 1 aromatic heterocycles. The summed E-state index contributed by atoms with van der Waals surface area (Å²) in [5.41, 5.74) is 0.788. The van der Waals surface area contributed by atoms with E-state index in [2.05, 4.69) is 16.0 Å². The molecule has 0 saturated carbocycles. The van der Waals surface area contributed by atoms with E-state index < -0.39 is 9.84 Å². The molecule has 3 heterocycles. The lowest BCUT2D eigenvalue weighted by Gasteiger charge is -2.32. The topological polar surface area (TPSA) is 76.3 Å². The first-order valence-electron chi connectivity index (χ1n) is 10.1. The quantitative estimate of drug-likeness (QED) is 0.708. The molecule has 4 rings (SSSR count). The van der Waals surface area contributed by atoms with Crippen LogP contribution in [0.3, 0.4) is 0 Å². The van der Waals surface area contributed by atoms with Crippen LogP contribution in [-0.4, -0.2) is 64.6 Å². The summed E-state index contributed by atoms with van der Waals surface area (Å²) in [4.78, 5) is 21.8. The van der Waals surface area contributed by atoms with Crippen molar-refractivity contribution in [2.24, 2.45) is 0 Å². The number of nitrogens with one attached hydrogen (secondary N) is 2. The van der Waals surface area contributed by atoms with Crippen LogP contribution in [0.2, 0.25) is 0 Å². The lowest BCUT2D eigenvalue weighted by molar-refractivity contribution is -0.892. The van der Waals surface area contributed by atoms with Crippen molar-refractivity contribution in [2.45, 2.75) is 12.5 Å². The number of hydrogen-bond donors (Lipinski definition) is 1. The Labute approximate surface area is 171 Å². The molecule has 2 fully saturated rings.